The van der Waals surface area contributed by atoms with Crippen molar-refractivity contribution in [3.63, 3.8) is 0 Å². The molecular formula is C18H23N3O2. The largest absolute Gasteiger partial charge is 0.497 e. The molecule has 0 atom stereocenters. The standard InChI is InChI=1S/C18H23N3O2/c1-21(2)13-12-19-18(22)16-6-4-5-7-17(16)20-14-8-10-15(23-3)11-9-14/h4-11,20H,12-13H2,1-3H3,(H,19,22). The van der Waals surface area contributed by atoms with Gasteiger partial charge in [0.25, 0.3) is 5.91 Å². The van der Waals surface area contributed by atoms with Crippen molar-refractivity contribution in [1.29, 1.82) is 0 Å². The molecule has 0 spiro atoms. The van der Waals surface area contributed by atoms with Gasteiger partial charge in [-0.25, -0.2) is 0 Å². The third-order valence-electron chi connectivity index (χ3n) is 3.39. The van der Waals surface area contributed by atoms with E-state index in [1.165, 1.54) is 0 Å². The summed E-state index contributed by atoms with van der Waals surface area (Å²) in [4.78, 5) is 14.4. The number of nitrogens with zero attached hydrogens (tertiary/aromatic N) is 1. The first kappa shape index (κ1) is 16.8. The highest BCUT2D eigenvalue weighted by Crippen LogP contribution is 2.22. The van der Waals surface area contributed by atoms with Gasteiger partial charge in [0.1, 0.15) is 5.75 Å². The Morgan fingerprint density at radius 2 is 1.78 bits per heavy atom. The maximum Gasteiger partial charge on any atom is 0.253 e. The predicted octanol–water partition coefficient (Wildman–Crippen LogP) is 2.73. The van der Waals surface area contributed by atoms with E-state index in [0.29, 0.717) is 12.1 Å². The maximum atomic E-state index is 12.3. The van der Waals surface area contributed by atoms with Gasteiger partial charge in [-0.05, 0) is 50.5 Å². The average molecular weight is 313 g/mol. The molecule has 0 heterocycles. The Bertz CT molecular complexity index is 639. The summed E-state index contributed by atoms with van der Waals surface area (Å²) in [6.07, 6.45) is 0. The van der Waals surface area contributed by atoms with E-state index in [1.54, 1.807) is 7.11 Å². The van der Waals surface area contributed by atoms with Crippen molar-refractivity contribution < 1.29 is 9.53 Å². The molecule has 0 aliphatic rings. The fraction of sp³-hybridized carbons (Fsp3) is 0.278. The lowest BCUT2D eigenvalue weighted by atomic mass is 10.1. The van der Waals surface area contributed by atoms with Crippen molar-refractivity contribution in [1.82, 2.24) is 10.2 Å². The molecule has 1 amide bonds. The molecule has 2 N–H and O–H groups in total. The van der Waals surface area contributed by atoms with Crippen molar-refractivity contribution in [2.75, 3.05) is 39.6 Å². The van der Waals surface area contributed by atoms with E-state index >= 15 is 0 Å². The van der Waals surface area contributed by atoms with Crippen molar-refractivity contribution in [3.8, 4) is 5.75 Å². The van der Waals surface area contributed by atoms with Crippen LogP contribution in [0.5, 0.6) is 5.75 Å². The molecular weight excluding hydrogens is 290 g/mol. The number of rotatable bonds is 7. The molecule has 2 aromatic carbocycles. The van der Waals surface area contributed by atoms with E-state index in [1.807, 2.05) is 67.5 Å². The van der Waals surface area contributed by atoms with Crippen molar-refractivity contribution >= 4 is 17.3 Å². The Hall–Kier alpha value is -2.53. The number of anilines is 2. The minimum atomic E-state index is -0.0801. The van der Waals surface area contributed by atoms with Gasteiger partial charge in [-0.2, -0.15) is 0 Å². The molecule has 122 valence electrons. The van der Waals surface area contributed by atoms with Gasteiger partial charge in [0.15, 0.2) is 0 Å². The summed E-state index contributed by atoms with van der Waals surface area (Å²) >= 11 is 0. The van der Waals surface area contributed by atoms with E-state index in [0.717, 1.165) is 23.7 Å². The zero-order chi connectivity index (χ0) is 16.7. The van der Waals surface area contributed by atoms with Crippen molar-refractivity contribution in [2.24, 2.45) is 0 Å². The van der Waals surface area contributed by atoms with Crippen LogP contribution >= 0.6 is 0 Å². The van der Waals surface area contributed by atoms with Crippen LogP contribution in [0.2, 0.25) is 0 Å². The third-order valence-corrected chi connectivity index (χ3v) is 3.39. The zero-order valence-electron chi connectivity index (χ0n) is 13.8. The lowest BCUT2D eigenvalue weighted by molar-refractivity contribution is 0.0952. The first-order valence-electron chi connectivity index (χ1n) is 7.53. The van der Waals surface area contributed by atoms with Gasteiger partial charge >= 0.3 is 0 Å². The second-order valence-corrected chi connectivity index (χ2v) is 5.46. The van der Waals surface area contributed by atoms with Gasteiger partial charge in [0.05, 0.1) is 18.4 Å². The van der Waals surface area contributed by atoms with Crippen LogP contribution in [-0.2, 0) is 0 Å². The molecule has 5 nitrogen and oxygen atoms in total. The predicted molar refractivity (Wildman–Crippen MR) is 93.6 cm³/mol. The topological polar surface area (TPSA) is 53.6 Å². The fourth-order valence-electron chi connectivity index (χ4n) is 2.11. The Morgan fingerprint density at radius 3 is 2.43 bits per heavy atom. The average Bonchev–Trinajstić information content (AvgIpc) is 2.55. The van der Waals surface area contributed by atoms with E-state index in [4.69, 9.17) is 4.74 Å². The Morgan fingerprint density at radius 1 is 1.09 bits per heavy atom. The summed E-state index contributed by atoms with van der Waals surface area (Å²) < 4.78 is 5.15. The number of likely N-dealkylation sites (N-methyl/N-ethyl adjacent to an activating group) is 1. The highest BCUT2D eigenvalue weighted by atomic mass is 16.5. The van der Waals surface area contributed by atoms with E-state index in [9.17, 15) is 4.79 Å². The van der Waals surface area contributed by atoms with Crippen LogP contribution in [0.3, 0.4) is 0 Å². The lowest BCUT2D eigenvalue weighted by Crippen LogP contribution is -2.31. The van der Waals surface area contributed by atoms with Crippen LogP contribution in [0, 0.1) is 0 Å². The minimum absolute atomic E-state index is 0.0801. The second kappa shape index (κ2) is 8.19. The summed E-state index contributed by atoms with van der Waals surface area (Å²) in [6.45, 7) is 1.42. The molecule has 2 aromatic rings. The van der Waals surface area contributed by atoms with Gasteiger partial charge < -0.3 is 20.3 Å². The van der Waals surface area contributed by atoms with Crippen molar-refractivity contribution in [2.45, 2.75) is 0 Å². The number of benzene rings is 2. The summed E-state index contributed by atoms with van der Waals surface area (Å²) in [6, 6.07) is 15.1. The number of para-hydroxylation sites is 1. The SMILES string of the molecule is COc1ccc(Nc2ccccc2C(=O)NCCN(C)C)cc1. The van der Waals surface area contributed by atoms with E-state index in [-0.39, 0.29) is 5.91 Å². The summed E-state index contributed by atoms with van der Waals surface area (Å²) in [5.41, 5.74) is 2.31. The van der Waals surface area contributed by atoms with Crippen LogP contribution in [0.1, 0.15) is 10.4 Å². The van der Waals surface area contributed by atoms with E-state index < -0.39 is 0 Å². The van der Waals surface area contributed by atoms with Gasteiger partial charge in [0, 0.05) is 18.8 Å². The molecule has 2 rings (SSSR count). The number of carbonyl (C=O) groups excluding carboxylic acids is 1. The molecule has 0 aliphatic carbocycles. The number of carbonyl (C=O) groups is 1. The molecule has 0 radical (unpaired) electrons. The normalized spacial score (nSPS) is 10.4. The summed E-state index contributed by atoms with van der Waals surface area (Å²) in [5.74, 6) is 0.716. The minimum Gasteiger partial charge on any atom is -0.497 e. The Balaban J connectivity index is 2.08. The Labute approximate surface area is 137 Å². The molecule has 0 aromatic heterocycles. The molecule has 0 bridgehead atoms. The first-order chi connectivity index (χ1) is 11.1. The molecule has 23 heavy (non-hydrogen) atoms. The molecule has 0 saturated heterocycles. The van der Waals surface area contributed by atoms with Gasteiger partial charge in [-0.1, -0.05) is 12.1 Å². The first-order valence-corrected chi connectivity index (χ1v) is 7.53. The molecule has 0 fully saturated rings. The van der Waals surface area contributed by atoms with Crippen LogP contribution in [0.4, 0.5) is 11.4 Å². The number of amides is 1. The molecule has 5 heteroatoms. The third kappa shape index (κ3) is 5.00. The van der Waals surface area contributed by atoms with E-state index in [2.05, 4.69) is 10.6 Å². The summed E-state index contributed by atoms with van der Waals surface area (Å²) in [7, 11) is 5.59. The second-order valence-electron chi connectivity index (χ2n) is 5.46. The highest BCUT2D eigenvalue weighted by molar-refractivity contribution is 6.00. The highest BCUT2D eigenvalue weighted by Gasteiger charge is 2.10. The van der Waals surface area contributed by atoms with Crippen LogP contribution in [0.15, 0.2) is 48.5 Å². The monoisotopic (exact) mass is 313 g/mol. The Kier molecular flexibility index (Phi) is 6.00. The van der Waals surface area contributed by atoms with Crippen LogP contribution in [-0.4, -0.2) is 45.1 Å². The summed E-state index contributed by atoms with van der Waals surface area (Å²) in [5, 5.41) is 6.21. The number of hydrogen-bond donors (Lipinski definition) is 2. The quantitative estimate of drug-likeness (QED) is 0.825. The number of nitrogens with one attached hydrogen (secondary N) is 2. The number of methoxy groups -OCH3 is 1. The van der Waals surface area contributed by atoms with Crippen molar-refractivity contribution in [3.05, 3.63) is 54.1 Å². The van der Waals surface area contributed by atoms with Gasteiger partial charge in [-0.3, -0.25) is 4.79 Å². The smallest absolute Gasteiger partial charge is 0.253 e. The molecule has 0 aliphatic heterocycles. The lowest BCUT2D eigenvalue weighted by Gasteiger charge is -2.14. The number of ether oxygens (including phenoxy) is 1. The zero-order valence-corrected chi connectivity index (χ0v) is 13.8. The van der Waals surface area contributed by atoms with Gasteiger partial charge in [0.2, 0.25) is 0 Å². The molecule has 0 unspecified atom stereocenters. The maximum absolute atomic E-state index is 12.3. The number of hydrogen-bond acceptors (Lipinski definition) is 4. The van der Waals surface area contributed by atoms with Gasteiger partial charge in [-0.15, -0.1) is 0 Å². The van der Waals surface area contributed by atoms with Crippen LogP contribution < -0.4 is 15.4 Å². The van der Waals surface area contributed by atoms with Crippen LogP contribution in [0.25, 0.3) is 0 Å². The fourth-order valence-corrected chi connectivity index (χ4v) is 2.11. The molecule has 0 saturated carbocycles.